The van der Waals surface area contributed by atoms with Gasteiger partial charge in [0.25, 0.3) is 0 Å². The van der Waals surface area contributed by atoms with Gasteiger partial charge < -0.3 is 24.1 Å². The summed E-state index contributed by atoms with van der Waals surface area (Å²) >= 11 is 0. The normalized spacial score (nSPS) is 21.3. The maximum absolute atomic E-state index is 12.8. The number of aliphatic hydroxyl groups is 1. The van der Waals surface area contributed by atoms with Crippen LogP contribution in [0.2, 0.25) is 0 Å². The number of carbonyl (C=O) groups is 2. The highest BCUT2D eigenvalue weighted by atomic mass is 16.6. The summed E-state index contributed by atoms with van der Waals surface area (Å²) in [5.74, 6) is -0.967. The van der Waals surface area contributed by atoms with Crippen molar-refractivity contribution in [2.45, 2.75) is 24.5 Å². The van der Waals surface area contributed by atoms with Gasteiger partial charge in [-0.05, 0) is 24.3 Å². The maximum Gasteiger partial charge on any atom is 0.338 e. The summed E-state index contributed by atoms with van der Waals surface area (Å²) in [6, 6.07) is 16.8. The van der Waals surface area contributed by atoms with Crippen molar-refractivity contribution < 1.29 is 33.6 Å². The minimum atomic E-state index is -1.32. The predicted octanol–water partition coefficient (Wildman–Crippen LogP) is 2.18. The number of benzene rings is 2. The van der Waals surface area contributed by atoms with Crippen molar-refractivity contribution in [1.82, 2.24) is 19.5 Å². The van der Waals surface area contributed by atoms with Crippen molar-refractivity contribution in [3.63, 3.8) is 0 Å². The molecule has 1 saturated heterocycles. The van der Waals surface area contributed by atoms with Crippen LogP contribution in [0.3, 0.4) is 0 Å². The van der Waals surface area contributed by atoms with Crippen molar-refractivity contribution >= 4 is 23.1 Å². The number of aromatic nitrogens is 4. The summed E-state index contributed by atoms with van der Waals surface area (Å²) in [7, 11) is 1.46. The van der Waals surface area contributed by atoms with Crippen LogP contribution in [0.5, 0.6) is 5.88 Å². The fourth-order valence-electron chi connectivity index (χ4n) is 3.98. The van der Waals surface area contributed by atoms with Crippen molar-refractivity contribution in [3.05, 3.63) is 84.4 Å². The molecule has 2 aromatic heterocycles. The number of fused-ring (bicyclic) bond motifs is 1. The first kappa shape index (κ1) is 23.4. The van der Waals surface area contributed by atoms with Crippen LogP contribution >= 0.6 is 0 Å². The van der Waals surface area contributed by atoms with E-state index in [-0.39, 0.29) is 12.5 Å². The Morgan fingerprint density at radius 3 is 2.31 bits per heavy atom. The number of aliphatic hydroxyl groups excluding tert-OH is 1. The van der Waals surface area contributed by atoms with Crippen molar-refractivity contribution in [1.29, 1.82) is 0 Å². The van der Waals surface area contributed by atoms with E-state index >= 15 is 0 Å². The molecule has 0 saturated carbocycles. The Morgan fingerprint density at radius 1 is 0.972 bits per heavy atom. The number of imidazole rings is 1. The Balaban J connectivity index is 1.41. The number of methoxy groups -OCH3 is 1. The minimum absolute atomic E-state index is 0.256. The van der Waals surface area contributed by atoms with Gasteiger partial charge in [0.15, 0.2) is 23.5 Å². The van der Waals surface area contributed by atoms with Gasteiger partial charge in [-0.1, -0.05) is 36.4 Å². The summed E-state index contributed by atoms with van der Waals surface area (Å²) < 4.78 is 23.8. The van der Waals surface area contributed by atoms with Crippen LogP contribution in [0.15, 0.2) is 73.3 Å². The van der Waals surface area contributed by atoms with Gasteiger partial charge in [-0.3, -0.25) is 4.57 Å². The quantitative estimate of drug-likeness (QED) is 0.384. The molecule has 3 heterocycles. The zero-order chi connectivity index (χ0) is 25.1. The van der Waals surface area contributed by atoms with Gasteiger partial charge in [-0.2, -0.15) is 4.98 Å². The third-order valence-electron chi connectivity index (χ3n) is 5.74. The molecule has 0 aliphatic carbocycles. The predicted molar refractivity (Wildman–Crippen MR) is 124 cm³/mol. The fraction of sp³-hybridized carbons (Fsp3) is 0.240. The topological polar surface area (TPSA) is 135 Å². The molecule has 1 aliphatic heterocycles. The Bertz CT molecular complexity index is 1360. The molecule has 1 aliphatic rings. The van der Waals surface area contributed by atoms with Gasteiger partial charge in [0.1, 0.15) is 25.1 Å². The largest absolute Gasteiger partial charge is 0.479 e. The second kappa shape index (κ2) is 10.1. The number of carbonyl (C=O) groups excluding carboxylic acids is 2. The highest BCUT2D eigenvalue weighted by molar-refractivity contribution is 5.90. The van der Waals surface area contributed by atoms with Crippen molar-refractivity contribution in [3.8, 4) is 5.88 Å². The van der Waals surface area contributed by atoms with Gasteiger partial charge in [0, 0.05) is 0 Å². The zero-order valence-electron chi connectivity index (χ0n) is 19.1. The molecule has 4 atom stereocenters. The fourth-order valence-corrected chi connectivity index (χ4v) is 3.98. The van der Waals surface area contributed by atoms with E-state index in [1.807, 2.05) is 0 Å². The first-order valence-corrected chi connectivity index (χ1v) is 11.1. The first-order valence-electron chi connectivity index (χ1n) is 11.1. The molecule has 0 bridgehead atoms. The molecule has 5 rings (SSSR count). The number of rotatable bonds is 7. The lowest BCUT2D eigenvalue weighted by atomic mass is 10.1. The molecule has 1 N–H and O–H groups in total. The summed E-state index contributed by atoms with van der Waals surface area (Å²) in [5.41, 5.74) is 1.38. The average Bonchev–Trinajstić information content (AvgIpc) is 3.49. The van der Waals surface area contributed by atoms with Crippen molar-refractivity contribution in [2.75, 3.05) is 13.7 Å². The average molecular weight is 490 g/mol. The molecule has 2 aromatic carbocycles. The summed E-state index contributed by atoms with van der Waals surface area (Å²) in [6.45, 7) is -0.265. The highest BCUT2D eigenvalue weighted by Gasteiger charge is 2.48. The highest BCUT2D eigenvalue weighted by Crippen LogP contribution is 2.34. The van der Waals surface area contributed by atoms with E-state index < -0.39 is 36.5 Å². The lowest BCUT2D eigenvalue weighted by Crippen LogP contribution is -2.38. The first-order chi connectivity index (χ1) is 17.6. The van der Waals surface area contributed by atoms with E-state index in [2.05, 4.69) is 15.0 Å². The maximum atomic E-state index is 12.8. The summed E-state index contributed by atoms with van der Waals surface area (Å²) in [5, 5.41) is 11.2. The number of hydrogen-bond acceptors (Lipinski definition) is 10. The van der Waals surface area contributed by atoms with Crippen LogP contribution < -0.4 is 4.74 Å². The van der Waals surface area contributed by atoms with Crippen LogP contribution in [0.1, 0.15) is 26.9 Å². The molecule has 0 amide bonds. The molecule has 0 radical (unpaired) electrons. The van der Waals surface area contributed by atoms with E-state index in [0.29, 0.717) is 22.3 Å². The van der Waals surface area contributed by atoms with E-state index in [9.17, 15) is 14.7 Å². The van der Waals surface area contributed by atoms with Crippen molar-refractivity contribution in [2.24, 2.45) is 0 Å². The van der Waals surface area contributed by atoms with Gasteiger partial charge in [0.2, 0.25) is 5.88 Å². The van der Waals surface area contributed by atoms with E-state index in [0.717, 1.165) is 0 Å². The molecule has 0 unspecified atom stereocenters. The standard InChI is InChI=1S/C25H22N4O7/c1-33-22-18-21(26-13-27-22)29(14-28-18)23-19(30)20(36-25(32)16-10-6-3-7-11-16)17(35-23)12-34-24(31)15-8-4-2-5-9-15/h2-11,13-14,17,19-20,23,30H,12H2,1H3/t17-,19+,20-,23-/m1/s1. The van der Waals surface area contributed by atoms with Gasteiger partial charge >= 0.3 is 11.9 Å². The molecule has 184 valence electrons. The lowest BCUT2D eigenvalue weighted by Gasteiger charge is -2.20. The zero-order valence-corrected chi connectivity index (χ0v) is 19.1. The second-order valence-electron chi connectivity index (χ2n) is 7.96. The third-order valence-corrected chi connectivity index (χ3v) is 5.74. The Hall–Kier alpha value is -4.35. The number of hydrogen-bond donors (Lipinski definition) is 1. The number of esters is 2. The van der Waals surface area contributed by atoms with Crippen LogP contribution in [-0.4, -0.2) is 68.6 Å². The SMILES string of the molecule is COc1ncnc2c1ncn2[C@@H]1O[C@H](COC(=O)c2ccccc2)[C@@H](OC(=O)c2ccccc2)[C@@H]1O. The van der Waals surface area contributed by atoms with Gasteiger partial charge in [-0.25, -0.2) is 19.6 Å². The van der Waals surface area contributed by atoms with E-state index in [4.69, 9.17) is 18.9 Å². The van der Waals surface area contributed by atoms with Crippen LogP contribution in [-0.2, 0) is 14.2 Å². The molecular weight excluding hydrogens is 468 g/mol. The van der Waals surface area contributed by atoms with Gasteiger partial charge in [0.05, 0.1) is 24.6 Å². The van der Waals surface area contributed by atoms with E-state index in [1.54, 1.807) is 60.7 Å². The Morgan fingerprint density at radius 2 is 1.64 bits per heavy atom. The molecule has 36 heavy (non-hydrogen) atoms. The molecule has 11 heteroatoms. The lowest BCUT2D eigenvalue weighted by molar-refractivity contribution is -0.0585. The number of nitrogens with zero attached hydrogens (tertiary/aromatic N) is 4. The Kier molecular flexibility index (Phi) is 6.56. The third kappa shape index (κ3) is 4.49. The van der Waals surface area contributed by atoms with Gasteiger partial charge in [-0.15, -0.1) is 0 Å². The summed E-state index contributed by atoms with van der Waals surface area (Å²) in [4.78, 5) is 37.8. The molecular formula is C25H22N4O7. The second-order valence-corrected chi connectivity index (χ2v) is 7.96. The number of ether oxygens (including phenoxy) is 4. The smallest absolute Gasteiger partial charge is 0.338 e. The van der Waals surface area contributed by atoms with Crippen LogP contribution in [0.25, 0.3) is 11.2 Å². The molecule has 4 aromatic rings. The molecule has 0 spiro atoms. The van der Waals surface area contributed by atoms with E-state index in [1.165, 1.54) is 24.3 Å². The molecule has 11 nitrogen and oxygen atoms in total. The summed E-state index contributed by atoms with van der Waals surface area (Å²) in [6.07, 6.45) is -1.75. The monoisotopic (exact) mass is 490 g/mol. The minimum Gasteiger partial charge on any atom is -0.479 e. The Labute approximate surface area is 205 Å². The molecule has 1 fully saturated rings. The van der Waals surface area contributed by atoms with Crippen LogP contribution in [0, 0.1) is 0 Å². The van der Waals surface area contributed by atoms with Crippen LogP contribution in [0.4, 0.5) is 0 Å².